The van der Waals surface area contributed by atoms with Crippen molar-refractivity contribution in [2.45, 2.75) is 25.2 Å². The summed E-state index contributed by atoms with van der Waals surface area (Å²) in [6.45, 7) is 0. The van der Waals surface area contributed by atoms with E-state index in [9.17, 15) is 0 Å². The maximum Gasteiger partial charge on any atom is 0.0509 e. The molecule has 1 unspecified atom stereocenters. The lowest BCUT2D eigenvalue weighted by Gasteiger charge is -2.29. The van der Waals surface area contributed by atoms with Gasteiger partial charge < -0.3 is 19.3 Å². The number of hydrogen-bond acceptors (Lipinski definition) is 3. The van der Waals surface area contributed by atoms with Gasteiger partial charge in [-0.3, -0.25) is 0 Å². The van der Waals surface area contributed by atoms with Gasteiger partial charge in [-0.2, -0.15) is 0 Å². The lowest BCUT2D eigenvalue weighted by Crippen LogP contribution is -2.17. The van der Waals surface area contributed by atoms with Crippen LogP contribution < -0.4 is 14.7 Å². The molecule has 0 bridgehead atoms. The minimum Gasteiger partial charge on any atom is -0.347 e. The molecule has 1 atom stereocenters. The number of para-hydroxylation sites is 2. The predicted octanol–water partition coefficient (Wildman–Crippen LogP) is 14.9. The van der Waals surface area contributed by atoms with Crippen LogP contribution in [0.3, 0.4) is 0 Å². The number of benzene rings is 7. The van der Waals surface area contributed by atoms with Gasteiger partial charge in [0, 0.05) is 81.8 Å². The van der Waals surface area contributed by atoms with Crippen molar-refractivity contribution in [1.82, 2.24) is 4.57 Å². The second-order valence-corrected chi connectivity index (χ2v) is 16.1. The molecule has 11 rings (SSSR count). The maximum atomic E-state index is 2.44. The van der Waals surface area contributed by atoms with Gasteiger partial charge >= 0.3 is 0 Å². The number of aromatic nitrogens is 1. The predicted molar refractivity (Wildman–Crippen MR) is 254 cm³/mol. The number of aryl methyl sites for hydroxylation is 1. The number of hydrogen-bond donors (Lipinski definition) is 0. The highest BCUT2D eigenvalue weighted by Gasteiger charge is 2.32. The minimum absolute atomic E-state index is 0.428. The normalized spacial score (nSPS) is 15.5. The van der Waals surface area contributed by atoms with E-state index in [1.54, 1.807) is 0 Å². The molecule has 0 saturated heterocycles. The molecular weight excluding hydrogens is 729 g/mol. The highest BCUT2D eigenvalue weighted by Crippen LogP contribution is 2.49. The first-order valence-electron chi connectivity index (χ1n) is 21.1. The van der Waals surface area contributed by atoms with Gasteiger partial charge in [0.2, 0.25) is 0 Å². The maximum absolute atomic E-state index is 2.44. The first-order valence-corrected chi connectivity index (χ1v) is 21.1. The summed E-state index contributed by atoms with van der Waals surface area (Å²) in [5, 5.41) is 2.54. The zero-order valence-electron chi connectivity index (χ0n) is 34.0. The summed E-state index contributed by atoms with van der Waals surface area (Å²) in [7, 11) is 4.38. The van der Waals surface area contributed by atoms with Gasteiger partial charge in [0.25, 0.3) is 0 Å². The molecule has 2 heterocycles. The Morgan fingerprint density at radius 3 is 1.93 bits per heavy atom. The summed E-state index contributed by atoms with van der Waals surface area (Å²) in [6.07, 6.45) is 16.9. The van der Waals surface area contributed by atoms with Gasteiger partial charge in [-0.1, -0.05) is 121 Å². The molecule has 8 aromatic rings. The lowest BCUT2D eigenvalue weighted by molar-refractivity contribution is 0.812. The molecule has 0 saturated carbocycles. The molecule has 0 radical (unpaired) electrons. The largest absolute Gasteiger partial charge is 0.347 e. The van der Waals surface area contributed by atoms with Gasteiger partial charge in [-0.15, -0.1) is 0 Å². The Hall–Kier alpha value is -7.30. The molecule has 0 amide bonds. The number of rotatable bonds is 8. The van der Waals surface area contributed by atoms with E-state index >= 15 is 0 Å². The zero-order chi connectivity index (χ0) is 40.2. The van der Waals surface area contributed by atoms with Crippen molar-refractivity contribution in [1.29, 1.82) is 0 Å². The van der Waals surface area contributed by atoms with Gasteiger partial charge in [-0.25, -0.2) is 0 Å². The summed E-state index contributed by atoms with van der Waals surface area (Å²) in [5.41, 5.74) is 18.1. The van der Waals surface area contributed by atoms with Crippen LogP contribution in [0.15, 0.2) is 212 Å². The SMILES string of the molecule is CN1C2=CC=CCC2c2ccc(N(C3=CCCC=C3)c3cccc(-c4ccccc4-c4cccc(N(c5ccccc5)c5ccc6c7ccccc7n(C)c6c5)c4)c3)cc21. The molecule has 0 fully saturated rings. The van der Waals surface area contributed by atoms with Crippen LogP contribution >= 0.6 is 0 Å². The number of likely N-dealkylation sites (N-methyl/N-ethyl adjacent to an activating group) is 1. The van der Waals surface area contributed by atoms with Crippen LogP contribution in [0.5, 0.6) is 0 Å². The van der Waals surface area contributed by atoms with Gasteiger partial charge in [0.1, 0.15) is 0 Å². The molecule has 60 heavy (non-hydrogen) atoms. The third-order valence-corrected chi connectivity index (χ3v) is 12.7. The van der Waals surface area contributed by atoms with Gasteiger partial charge in [-0.05, 0) is 126 Å². The van der Waals surface area contributed by atoms with E-state index in [4.69, 9.17) is 0 Å². The summed E-state index contributed by atoms with van der Waals surface area (Å²) in [4.78, 5) is 7.20. The van der Waals surface area contributed by atoms with Crippen LogP contribution in [-0.4, -0.2) is 11.6 Å². The van der Waals surface area contributed by atoms with Crippen molar-refractivity contribution in [2.75, 3.05) is 21.7 Å². The second-order valence-electron chi connectivity index (χ2n) is 16.1. The molecule has 2 aliphatic carbocycles. The number of allylic oxidation sites excluding steroid dienone is 7. The first-order chi connectivity index (χ1) is 29.6. The molecule has 1 aromatic heterocycles. The third-order valence-electron chi connectivity index (χ3n) is 12.7. The fraction of sp³-hybridized carbons (Fsp3) is 0.107. The zero-order valence-corrected chi connectivity index (χ0v) is 34.0. The van der Waals surface area contributed by atoms with E-state index in [2.05, 4.69) is 234 Å². The third kappa shape index (κ3) is 6.06. The van der Waals surface area contributed by atoms with Crippen LogP contribution in [0.2, 0.25) is 0 Å². The van der Waals surface area contributed by atoms with Crippen molar-refractivity contribution in [2.24, 2.45) is 7.05 Å². The summed E-state index contributed by atoms with van der Waals surface area (Å²) < 4.78 is 2.31. The number of anilines is 6. The Morgan fingerprint density at radius 1 is 0.517 bits per heavy atom. The highest BCUT2D eigenvalue weighted by atomic mass is 15.2. The molecule has 4 nitrogen and oxygen atoms in total. The summed E-state index contributed by atoms with van der Waals surface area (Å²) in [6, 6.07) is 60.3. The van der Waals surface area contributed by atoms with Gasteiger partial charge in [0.05, 0.1) is 5.52 Å². The van der Waals surface area contributed by atoms with Crippen LogP contribution in [0.25, 0.3) is 44.1 Å². The smallest absolute Gasteiger partial charge is 0.0509 e. The summed E-state index contributed by atoms with van der Waals surface area (Å²) in [5.74, 6) is 0.428. The van der Waals surface area contributed by atoms with Gasteiger partial charge in [0.15, 0.2) is 0 Å². The van der Waals surface area contributed by atoms with Crippen LogP contribution in [0, 0.1) is 0 Å². The average Bonchev–Trinajstić information content (AvgIpc) is 3.76. The van der Waals surface area contributed by atoms with E-state index in [0.717, 1.165) is 42.0 Å². The van der Waals surface area contributed by atoms with Crippen molar-refractivity contribution in [3.63, 3.8) is 0 Å². The lowest BCUT2D eigenvalue weighted by atomic mass is 9.92. The van der Waals surface area contributed by atoms with Crippen molar-refractivity contribution >= 4 is 55.9 Å². The van der Waals surface area contributed by atoms with E-state index in [-0.39, 0.29) is 0 Å². The molecule has 3 aliphatic rings. The molecular formula is C56H46N4. The second kappa shape index (κ2) is 14.8. The van der Waals surface area contributed by atoms with Crippen molar-refractivity contribution in [3.05, 3.63) is 217 Å². The van der Waals surface area contributed by atoms with Crippen molar-refractivity contribution < 1.29 is 0 Å². The Bertz CT molecular complexity index is 3070. The quantitative estimate of drug-likeness (QED) is 0.153. The number of fused-ring (bicyclic) bond motifs is 6. The fourth-order valence-electron chi connectivity index (χ4n) is 9.78. The molecule has 4 heteroatoms. The van der Waals surface area contributed by atoms with Crippen LogP contribution in [0.4, 0.5) is 34.1 Å². The van der Waals surface area contributed by atoms with E-state index in [1.165, 1.54) is 72.4 Å². The standard InChI is InChI=1S/C56H46N4/c1-57-53-29-13-11-27-49(53)51-33-31-45(37-55(51)57)59(41-19-5-3-6-20-41)43-23-15-17-39(35-43)47-25-9-10-26-48(47)40-18-16-24-44(36-40)60(42-21-7-4-8-22-42)46-32-34-52-50-28-12-14-30-54(50)58(2)56(52)38-46/h3,5-7,9-27,29-38,50H,4,8,28H2,1-2H3. The summed E-state index contributed by atoms with van der Waals surface area (Å²) >= 11 is 0. The highest BCUT2D eigenvalue weighted by molar-refractivity contribution is 6.09. The fourth-order valence-corrected chi connectivity index (χ4v) is 9.78. The van der Waals surface area contributed by atoms with Crippen LogP contribution in [-0.2, 0) is 7.05 Å². The Labute approximate surface area is 352 Å². The molecule has 290 valence electrons. The van der Waals surface area contributed by atoms with E-state index in [0.29, 0.717) is 5.92 Å². The monoisotopic (exact) mass is 774 g/mol. The topological polar surface area (TPSA) is 14.7 Å². The minimum atomic E-state index is 0.428. The van der Waals surface area contributed by atoms with Crippen LogP contribution in [0.1, 0.15) is 30.7 Å². The first kappa shape index (κ1) is 35.8. The Kier molecular flexibility index (Phi) is 8.85. The van der Waals surface area contributed by atoms with E-state index < -0.39 is 0 Å². The van der Waals surface area contributed by atoms with Crippen molar-refractivity contribution in [3.8, 4) is 22.3 Å². The van der Waals surface area contributed by atoms with E-state index in [1.807, 2.05) is 0 Å². The molecule has 1 aliphatic heterocycles. The molecule has 0 spiro atoms. The Balaban J connectivity index is 0.994. The molecule has 0 N–H and O–H groups in total. The number of nitrogens with zero attached hydrogens (tertiary/aromatic N) is 4. The Morgan fingerprint density at radius 2 is 1.17 bits per heavy atom. The molecule has 7 aromatic carbocycles. The average molecular weight is 775 g/mol.